The smallest absolute Gasteiger partial charge is 0.255 e. The van der Waals surface area contributed by atoms with Gasteiger partial charge in [0.05, 0.1) is 4.90 Å². The standard InChI is InChI=1S/C18H20N2O5S/c1-3-12(2)20-26(22,23)15-7-5-14(6-8-15)19-18(21)13-4-9-16-17(10-13)25-11-24-16/h4-10,12,20H,3,11H2,1-2H3,(H,19,21). The van der Waals surface area contributed by atoms with Gasteiger partial charge in [-0.25, -0.2) is 13.1 Å². The van der Waals surface area contributed by atoms with Crippen LogP contribution in [0.25, 0.3) is 0 Å². The van der Waals surface area contributed by atoms with Gasteiger partial charge in [-0.1, -0.05) is 6.92 Å². The summed E-state index contributed by atoms with van der Waals surface area (Å²) in [6, 6.07) is 10.8. The van der Waals surface area contributed by atoms with E-state index in [1.165, 1.54) is 12.1 Å². The third-order valence-electron chi connectivity index (χ3n) is 4.03. The quantitative estimate of drug-likeness (QED) is 0.808. The molecule has 138 valence electrons. The Labute approximate surface area is 152 Å². The Morgan fingerprint density at radius 1 is 1.12 bits per heavy atom. The Morgan fingerprint density at radius 3 is 2.50 bits per heavy atom. The van der Waals surface area contributed by atoms with Crippen LogP contribution in [0, 0.1) is 0 Å². The number of hydrogen-bond acceptors (Lipinski definition) is 5. The van der Waals surface area contributed by atoms with Crippen LogP contribution < -0.4 is 19.5 Å². The largest absolute Gasteiger partial charge is 0.454 e. The number of anilines is 1. The lowest BCUT2D eigenvalue weighted by molar-refractivity contribution is 0.102. The molecule has 8 heteroatoms. The van der Waals surface area contributed by atoms with Gasteiger partial charge in [0.15, 0.2) is 11.5 Å². The summed E-state index contributed by atoms with van der Waals surface area (Å²) in [5.74, 6) is 0.803. The molecular formula is C18H20N2O5S. The highest BCUT2D eigenvalue weighted by Crippen LogP contribution is 2.32. The molecule has 2 aromatic carbocycles. The minimum atomic E-state index is -3.57. The highest BCUT2D eigenvalue weighted by molar-refractivity contribution is 7.89. The number of hydrogen-bond donors (Lipinski definition) is 2. The number of carbonyl (C=O) groups excluding carboxylic acids is 1. The van der Waals surface area contributed by atoms with Gasteiger partial charge >= 0.3 is 0 Å². The summed E-state index contributed by atoms with van der Waals surface area (Å²) in [6.07, 6.45) is 0.697. The van der Waals surface area contributed by atoms with E-state index in [1.54, 1.807) is 37.3 Å². The fourth-order valence-electron chi connectivity index (χ4n) is 2.37. The molecule has 0 spiro atoms. The van der Waals surface area contributed by atoms with Crippen LogP contribution in [0.4, 0.5) is 5.69 Å². The van der Waals surface area contributed by atoms with Gasteiger partial charge in [-0.15, -0.1) is 0 Å². The zero-order valence-electron chi connectivity index (χ0n) is 14.5. The molecule has 2 N–H and O–H groups in total. The van der Waals surface area contributed by atoms with Gasteiger partial charge < -0.3 is 14.8 Å². The number of rotatable bonds is 6. The molecule has 1 heterocycles. The molecule has 0 aromatic heterocycles. The second-order valence-corrected chi connectivity index (χ2v) is 7.69. The molecule has 0 radical (unpaired) electrons. The fourth-order valence-corrected chi connectivity index (χ4v) is 3.70. The van der Waals surface area contributed by atoms with Gasteiger partial charge in [-0.05, 0) is 55.8 Å². The minimum absolute atomic E-state index is 0.140. The molecule has 0 bridgehead atoms. The number of amides is 1. The highest BCUT2D eigenvalue weighted by Gasteiger charge is 2.18. The lowest BCUT2D eigenvalue weighted by Crippen LogP contribution is -2.31. The molecule has 7 nitrogen and oxygen atoms in total. The number of sulfonamides is 1. The Morgan fingerprint density at radius 2 is 1.81 bits per heavy atom. The molecule has 1 atom stereocenters. The predicted molar refractivity (Wildman–Crippen MR) is 97.0 cm³/mol. The van der Waals surface area contributed by atoms with Crippen LogP contribution >= 0.6 is 0 Å². The molecule has 3 rings (SSSR count). The minimum Gasteiger partial charge on any atom is -0.454 e. The first-order valence-electron chi connectivity index (χ1n) is 8.22. The van der Waals surface area contributed by atoms with Gasteiger partial charge in [0.2, 0.25) is 16.8 Å². The molecule has 26 heavy (non-hydrogen) atoms. The molecule has 0 saturated heterocycles. The van der Waals surface area contributed by atoms with Crippen LogP contribution in [0.15, 0.2) is 47.4 Å². The number of fused-ring (bicyclic) bond motifs is 1. The number of benzene rings is 2. The van der Waals surface area contributed by atoms with E-state index < -0.39 is 10.0 Å². The van der Waals surface area contributed by atoms with Crippen LogP contribution in [-0.2, 0) is 10.0 Å². The molecule has 0 fully saturated rings. The zero-order valence-corrected chi connectivity index (χ0v) is 15.3. The van der Waals surface area contributed by atoms with Crippen LogP contribution in [-0.4, -0.2) is 27.2 Å². The van der Waals surface area contributed by atoms with E-state index in [9.17, 15) is 13.2 Å². The van der Waals surface area contributed by atoms with Crippen LogP contribution in [0.5, 0.6) is 11.5 Å². The molecule has 1 aliphatic heterocycles. The second-order valence-electron chi connectivity index (χ2n) is 5.98. The summed E-state index contributed by atoms with van der Waals surface area (Å²) < 4.78 is 37.5. The van der Waals surface area contributed by atoms with Crippen molar-refractivity contribution in [3.05, 3.63) is 48.0 Å². The maximum atomic E-state index is 12.3. The Kier molecular flexibility index (Phi) is 5.15. The summed E-state index contributed by atoms with van der Waals surface area (Å²) in [4.78, 5) is 12.5. The summed E-state index contributed by atoms with van der Waals surface area (Å²) in [7, 11) is -3.57. The Hall–Kier alpha value is -2.58. The van der Waals surface area contributed by atoms with Gasteiger partial charge in [0.25, 0.3) is 5.91 Å². The summed E-state index contributed by atoms with van der Waals surface area (Å²) in [5.41, 5.74) is 0.916. The van der Waals surface area contributed by atoms with E-state index in [4.69, 9.17) is 9.47 Å². The van der Waals surface area contributed by atoms with E-state index in [0.717, 1.165) is 0 Å². The van der Waals surface area contributed by atoms with E-state index in [2.05, 4.69) is 10.0 Å². The van der Waals surface area contributed by atoms with Crippen molar-refractivity contribution in [2.24, 2.45) is 0 Å². The van der Waals surface area contributed by atoms with E-state index in [-0.39, 0.29) is 23.6 Å². The van der Waals surface area contributed by atoms with Gasteiger partial charge in [0.1, 0.15) is 0 Å². The van der Waals surface area contributed by atoms with Gasteiger partial charge in [0, 0.05) is 17.3 Å². The zero-order chi connectivity index (χ0) is 18.7. The lowest BCUT2D eigenvalue weighted by Gasteiger charge is -2.12. The van der Waals surface area contributed by atoms with Crippen molar-refractivity contribution >= 4 is 21.6 Å². The summed E-state index contributed by atoms with van der Waals surface area (Å²) >= 11 is 0. The van der Waals surface area contributed by atoms with Crippen molar-refractivity contribution < 1.29 is 22.7 Å². The van der Waals surface area contributed by atoms with Crippen molar-refractivity contribution in [3.8, 4) is 11.5 Å². The van der Waals surface area contributed by atoms with Crippen LogP contribution in [0.3, 0.4) is 0 Å². The maximum absolute atomic E-state index is 12.3. The average Bonchev–Trinajstić information content (AvgIpc) is 3.09. The predicted octanol–water partition coefficient (Wildman–Crippen LogP) is 2.74. The molecule has 1 unspecified atom stereocenters. The maximum Gasteiger partial charge on any atom is 0.255 e. The summed E-state index contributed by atoms with van der Waals surface area (Å²) in [5, 5.41) is 2.73. The number of carbonyl (C=O) groups is 1. The highest BCUT2D eigenvalue weighted by atomic mass is 32.2. The summed E-state index contributed by atoms with van der Waals surface area (Å²) in [6.45, 7) is 3.85. The monoisotopic (exact) mass is 376 g/mol. The van der Waals surface area contributed by atoms with E-state index in [1.807, 2.05) is 6.92 Å². The molecular weight excluding hydrogens is 356 g/mol. The number of ether oxygens (including phenoxy) is 2. The van der Waals surface area contributed by atoms with E-state index in [0.29, 0.717) is 29.2 Å². The number of nitrogens with one attached hydrogen (secondary N) is 2. The third-order valence-corrected chi connectivity index (χ3v) is 5.63. The first-order chi connectivity index (χ1) is 12.4. The second kappa shape index (κ2) is 7.35. The Balaban J connectivity index is 1.70. The topological polar surface area (TPSA) is 93.7 Å². The average molecular weight is 376 g/mol. The fraction of sp³-hybridized carbons (Fsp3) is 0.278. The van der Waals surface area contributed by atoms with E-state index >= 15 is 0 Å². The van der Waals surface area contributed by atoms with Crippen molar-refractivity contribution in [3.63, 3.8) is 0 Å². The normalized spacial score (nSPS) is 14.1. The van der Waals surface area contributed by atoms with Gasteiger partial charge in [-0.2, -0.15) is 0 Å². The molecule has 1 aliphatic rings. The van der Waals surface area contributed by atoms with Crippen molar-refractivity contribution in [2.45, 2.75) is 31.2 Å². The van der Waals surface area contributed by atoms with Crippen molar-refractivity contribution in [1.29, 1.82) is 0 Å². The van der Waals surface area contributed by atoms with Crippen molar-refractivity contribution in [2.75, 3.05) is 12.1 Å². The van der Waals surface area contributed by atoms with Gasteiger partial charge in [-0.3, -0.25) is 4.79 Å². The molecule has 0 aliphatic carbocycles. The molecule has 0 saturated carbocycles. The first kappa shape index (κ1) is 18.2. The van der Waals surface area contributed by atoms with Crippen LogP contribution in [0.2, 0.25) is 0 Å². The molecule has 2 aromatic rings. The Bertz CT molecular complexity index is 910. The van der Waals surface area contributed by atoms with Crippen LogP contribution in [0.1, 0.15) is 30.6 Å². The third kappa shape index (κ3) is 3.97. The van der Waals surface area contributed by atoms with Crippen molar-refractivity contribution in [1.82, 2.24) is 4.72 Å². The molecule has 1 amide bonds. The SMILES string of the molecule is CCC(C)NS(=O)(=O)c1ccc(NC(=O)c2ccc3c(c2)OCO3)cc1. The lowest BCUT2D eigenvalue weighted by atomic mass is 10.2. The first-order valence-corrected chi connectivity index (χ1v) is 9.71.